The lowest BCUT2D eigenvalue weighted by atomic mass is 10.2. The lowest BCUT2D eigenvalue weighted by Gasteiger charge is -2.23. The summed E-state index contributed by atoms with van der Waals surface area (Å²) in [5.41, 5.74) is 0.137. The quantitative estimate of drug-likeness (QED) is 0.482. The molecule has 17 heavy (non-hydrogen) atoms. The molecule has 1 rings (SSSR count). The van der Waals surface area contributed by atoms with Crippen molar-refractivity contribution < 1.29 is 20.2 Å². The lowest BCUT2D eigenvalue weighted by molar-refractivity contribution is -0.384. The molecule has 0 saturated heterocycles. The number of nitro groups is 1. The van der Waals surface area contributed by atoms with Crippen molar-refractivity contribution in [2.75, 3.05) is 31.2 Å². The van der Waals surface area contributed by atoms with Crippen LogP contribution in [0.2, 0.25) is 0 Å². The SMILES string of the molecule is O=[N+]([O-])c1ccc(N(CCO)CCO)c(O)c1. The Hall–Kier alpha value is -1.86. The van der Waals surface area contributed by atoms with Gasteiger partial charge in [-0.25, -0.2) is 0 Å². The van der Waals surface area contributed by atoms with Gasteiger partial charge in [-0.15, -0.1) is 0 Å². The average molecular weight is 242 g/mol. The Morgan fingerprint density at radius 1 is 1.24 bits per heavy atom. The highest BCUT2D eigenvalue weighted by Crippen LogP contribution is 2.30. The molecule has 0 aromatic heterocycles. The molecule has 0 aliphatic rings. The third-order valence-electron chi connectivity index (χ3n) is 2.25. The van der Waals surface area contributed by atoms with E-state index < -0.39 is 4.92 Å². The number of hydrogen-bond acceptors (Lipinski definition) is 6. The second-order valence-corrected chi connectivity index (χ2v) is 3.36. The van der Waals surface area contributed by atoms with Gasteiger partial charge in [0.25, 0.3) is 5.69 Å². The molecular weight excluding hydrogens is 228 g/mol. The summed E-state index contributed by atoms with van der Waals surface area (Å²) >= 11 is 0. The molecule has 7 nitrogen and oxygen atoms in total. The molecule has 0 heterocycles. The fourth-order valence-electron chi connectivity index (χ4n) is 1.49. The number of anilines is 1. The van der Waals surface area contributed by atoms with Crippen molar-refractivity contribution in [3.05, 3.63) is 28.3 Å². The summed E-state index contributed by atoms with van der Waals surface area (Å²) in [4.78, 5) is 11.4. The van der Waals surface area contributed by atoms with Crippen LogP contribution in [0.5, 0.6) is 5.75 Å². The molecular formula is C10H14N2O5. The Balaban J connectivity index is 2.99. The van der Waals surface area contributed by atoms with Crippen molar-refractivity contribution in [3.63, 3.8) is 0 Å². The first kappa shape index (κ1) is 13.2. The highest BCUT2D eigenvalue weighted by molar-refractivity contribution is 5.61. The molecule has 0 aliphatic heterocycles. The van der Waals surface area contributed by atoms with Crippen LogP contribution in [0.15, 0.2) is 18.2 Å². The van der Waals surface area contributed by atoms with Gasteiger partial charge in [0, 0.05) is 19.2 Å². The van der Waals surface area contributed by atoms with E-state index in [1.165, 1.54) is 12.1 Å². The molecule has 1 aromatic rings. The van der Waals surface area contributed by atoms with Gasteiger partial charge in [-0.2, -0.15) is 0 Å². The van der Waals surface area contributed by atoms with E-state index in [0.717, 1.165) is 6.07 Å². The van der Waals surface area contributed by atoms with Crippen LogP contribution in [0, 0.1) is 10.1 Å². The molecule has 0 atom stereocenters. The minimum Gasteiger partial charge on any atom is -0.506 e. The summed E-state index contributed by atoms with van der Waals surface area (Å²) in [6, 6.07) is 3.69. The molecule has 0 fully saturated rings. The Morgan fingerprint density at radius 3 is 2.24 bits per heavy atom. The van der Waals surface area contributed by atoms with Crippen LogP contribution in [-0.2, 0) is 0 Å². The molecule has 0 aliphatic carbocycles. The van der Waals surface area contributed by atoms with Crippen molar-refractivity contribution >= 4 is 11.4 Å². The number of nitrogens with zero attached hydrogens (tertiary/aromatic N) is 2. The zero-order valence-corrected chi connectivity index (χ0v) is 9.11. The second kappa shape index (κ2) is 6.02. The fraction of sp³-hybridized carbons (Fsp3) is 0.400. The summed E-state index contributed by atoms with van der Waals surface area (Å²) in [5, 5.41) is 37.8. The van der Waals surface area contributed by atoms with Crippen molar-refractivity contribution in [1.82, 2.24) is 0 Å². The number of phenolic OH excluding ortho intramolecular Hbond substituents is 1. The van der Waals surface area contributed by atoms with Crippen molar-refractivity contribution in [2.45, 2.75) is 0 Å². The Labute approximate surface area is 97.7 Å². The zero-order chi connectivity index (χ0) is 12.8. The summed E-state index contributed by atoms with van der Waals surface area (Å²) in [6.45, 7) is 0.171. The van der Waals surface area contributed by atoms with Gasteiger partial charge in [0.15, 0.2) is 0 Å². The maximum absolute atomic E-state index is 10.5. The van der Waals surface area contributed by atoms with E-state index in [-0.39, 0.29) is 37.7 Å². The van der Waals surface area contributed by atoms with Crippen LogP contribution in [0.1, 0.15) is 0 Å². The minimum atomic E-state index is -0.605. The molecule has 7 heteroatoms. The molecule has 3 N–H and O–H groups in total. The molecule has 1 aromatic carbocycles. The van der Waals surface area contributed by atoms with E-state index in [0.29, 0.717) is 5.69 Å². The van der Waals surface area contributed by atoms with Gasteiger partial charge in [0.1, 0.15) is 5.75 Å². The number of aliphatic hydroxyl groups is 2. The minimum absolute atomic E-state index is 0.142. The van der Waals surface area contributed by atoms with E-state index in [4.69, 9.17) is 10.2 Å². The van der Waals surface area contributed by atoms with E-state index in [1.54, 1.807) is 4.90 Å². The topological polar surface area (TPSA) is 107 Å². The van der Waals surface area contributed by atoms with Gasteiger partial charge < -0.3 is 20.2 Å². The van der Waals surface area contributed by atoms with Crippen LogP contribution in [0.3, 0.4) is 0 Å². The molecule has 94 valence electrons. The van der Waals surface area contributed by atoms with Gasteiger partial charge in [-0.3, -0.25) is 10.1 Å². The number of non-ortho nitro benzene ring substituents is 1. The summed E-state index contributed by atoms with van der Waals surface area (Å²) in [5.74, 6) is -0.249. The van der Waals surface area contributed by atoms with Crippen molar-refractivity contribution in [2.24, 2.45) is 0 Å². The highest BCUT2D eigenvalue weighted by atomic mass is 16.6. The predicted molar refractivity (Wildman–Crippen MR) is 61.1 cm³/mol. The zero-order valence-electron chi connectivity index (χ0n) is 9.11. The van der Waals surface area contributed by atoms with Crippen LogP contribution < -0.4 is 4.90 Å². The van der Waals surface area contributed by atoms with Crippen molar-refractivity contribution in [3.8, 4) is 5.75 Å². The van der Waals surface area contributed by atoms with Gasteiger partial charge in [-0.05, 0) is 6.07 Å². The molecule has 0 spiro atoms. The second-order valence-electron chi connectivity index (χ2n) is 3.36. The largest absolute Gasteiger partial charge is 0.506 e. The first-order valence-corrected chi connectivity index (χ1v) is 5.04. The normalized spacial score (nSPS) is 10.2. The van der Waals surface area contributed by atoms with Gasteiger partial charge in [0.2, 0.25) is 0 Å². The number of aliphatic hydroxyl groups excluding tert-OH is 2. The Kier molecular flexibility index (Phi) is 4.68. The molecule has 0 radical (unpaired) electrons. The maximum Gasteiger partial charge on any atom is 0.273 e. The van der Waals surface area contributed by atoms with Crippen LogP contribution in [-0.4, -0.2) is 46.5 Å². The summed E-state index contributed by atoms with van der Waals surface area (Å²) in [7, 11) is 0. The number of aromatic hydroxyl groups is 1. The number of phenols is 1. The van der Waals surface area contributed by atoms with Crippen LogP contribution >= 0.6 is 0 Å². The van der Waals surface area contributed by atoms with Crippen LogP contribution in [0.4, 0.5) is 11.4 Å². The number of benzene rings is 1. The molecule has 0 bridgehead atoms. The Bertz CT molecular complexity index is 390. The van der Waals surface area contributed by atoms with Gasteiger partial charge >= 0.3 is 0 Å². The van der Waals surface area contributed by atoms with E-state index in [2.05, 4.69) is 0 Å². The highest BCUT2D eigenvalue weighted by Gasteiger charge is 2.14. The van der Waals surface area contributed by atoms with Gasteiger partial charge in [0.05, 0.1) is 29.9 Å². The lowest BCUT2D eigenvalue weighted by Crippen LogP contribution is -2.29. The number of rotatable bonds is 6. The van der Waals surface area contributed by atoms with E-state index >= 15 is 0 Å². The first-order valence-electron chi connectivity index (χ1n) is 5.04. The van der Waals surface area contributed by atoms with E-state index in [1.807, 2.05) is 0 Å². The van der Waals surface area contributed by atoms with Crippen LogP contribution in [0.25, 0.3) is 0 Å². The average Bonchev–Trinajstić information content (AvgIpc) is 2.28. The Morgan fingerprint density at radius 2 is 1.82 bits per heavy atom. The summed E-state index contributed by atoms with van der Waals surface area (Å²) < 4.78 is 0. The number of hydrogen-bond donors (Lipinski definition) is 3. The van der Waals surface area contributed by atoms with Gasteiger partial charge in [-0.1, -0.05) is 0 Å². The standard InChI is InChI=1S/C10H14N2O5/c13-5-3-11(4-6-14)9-2-1-8(12(16)17)7-10(9)15/h1-2,7,13-15H,3-6H2. The monoisotopic (exact) mass is 242 g/mol. The number of nitro benzene ring substituents is 1. The molecule has 0 amide bonds. The predicted octanol–water partition coefficient (Wildman–Crippen LogP) is 0.0914. The third kappa shape index (κ3) is 3.30. The maximum atomic E-state index is 10.5. The third-order valence-corrected chi connectivity index (χ3v) is 2.25. The smallest absolute Gasteiger partial charge is 0.273 e. The first-order chi connectivity index (χ1) is 8.10. The molecule has 0 unspecified atom stereocenters. The fourth-order valence-corrected chi connectivity index (χ4v) is 1.49. The molecule has 0 saturated carbocycles. The van der Waals surface area contributed by atoms with Crippen molar-refractivity contribution in [1.29, 1.82) is 0 Å². The van der Waals surface area contributed by atoms with E-state index in [9.17, 15) is 15.2 Å². The summed E-state index contributed by atoms with van der Waals surface area (Å²) in [6.07, 6.45) is 0.